The van der Waals surface area contributed by atoms with Crippen LogP contribution in [0, 0.1) is 6.92 Å². The number of amides is 2. The van der Waals surface area contributed by atoms with Gasteiger partial charge in [-0.1, -0.05) is 43.4 Å². The smallest absolute Gasteiger partial charge is 0.251 e. The van der Waals surface area contributed by atoms with E-state index in [2.05, 4.69) is 5.32 Å². The number of benzene rings is 1. The minimum atomic E-state index is -0.0747. The molecule has 0 bridgehead atoms. The highest BCUT2D eigenvalue weighted by Gasteiger charge is 2.22. The molecule has 1 aliphatic rings. The molecule has 0 unspecified atom stereocenters. The van der Waals surface area contributed by atoms with Crippen molar-refractivity contribution < 1.29 is 9.59 Å². The molecule has 0 atom stereocenters. The van der Waals surface area contributed by atoms with Crippen LogP contribution in [0.2, 0.25) is 0 Å². The van der Waals surface area contributed by atoms with Crippen molar-refractivity contribution in [2.45, 2.75) is 58.4 Å². The molecule has 2 amide bonds. The lowest BCUT2D eigenvalue weighted by Gasteiger charge is -2.30. The van der Waals surface area contributed by atoms with Gasteiger partial charge >= 0.3 is 0 Å². The van der Waals surface area contributed by atoms with E-state index in [1.165, 1.54) is 25.7 Å². The molecule has 4 nitrogen and oxygen atoms in total. The average molecular weight is 316 g/mol. The summed E-state index contributed by atoms with van der Waals surface area (Å²) in [6, 6.07) is 7.87. The van der Waals surface area contributed by atoms with Crippen LogP contribution in [-0.2, 0) is 4.79 Å². The Morgan fingerprint density at radius 1 is 1.09 bits per heavy atom. The zero-order chi connectivity index (χ0) is 16.7. The van der Waals surface area contributed by atoms with Gasteiger partial charge in [0.15, 0.2) is 0 Å². The predicted octanol–water partition coefficient (Wildman–Crippen LogP) is 3.30. The van der Waals surface area contributed by atoms with Gasteiger partial charge in [-0.25, -0.2) is 0 Å². The number of nitrogens with zero attached hydrogens (tertiary/aromatic N) is 1. The van der Waals surface area contributed by atoms with E-state index in [0.717, 1.165) is 18.4 Å². The van der Waals surface area contributed by atoms with Crippen LogP contribution in [0.25, 0.3) is 0 Å². The van der Waals surface area contributed by atoms with Crippen molar-refractivity contribution in [2.75, 3.05) is 13.1 Å². The van der Waals surface area contributed by atoms with Gasteiger partial charge in [0.25, 0.3) is 5.91 Å². The molecule has 0 heterocycles. The highest BCUT2D eigenvalue weighted by molar-refractivity contribution is 5.94. The molecule has 1 aliphatic carbocycles. The molecule has 1 saturated carbocycles. The van der Waals surface area contributed by atoms with Crippen molar-refractivity contribution in [1.29, 1.82) is 0 Å². The third-order valence-corrected chi connectivity index (χ3v) is 4.62. The zero-order valence-corrected chi connectivity index (χ0v) is 14.3. The topological polar surface area (TPSA) is 49.4 Å². The number of aryl methyl sites for hydroxylation is 1. The van der Waals surface area contributed by atoms with E-state index < -0.39 is 0 Å². The SMILES string of the molecule is CC(=O)N(CCNC(=O)c1ccc(C)cc1)C1CCCCCC1. The molecule has 2 rings (SSSR count). The predicted molar refractivity (Wildman–Crippen MR) is 92.4 cm³/mol. The second kappa shape index (κ2) is 8.70. The summed E-state index contributed by atoms with van der Waals surface area (Å²) in [5.41, 5.74) is 1.80. The first-order chi connectivity index (χ1) is 11.1. The third-order valence-electron chi connectivity index (χ3n) is 4.62. The Bertz CT molecular complexity index is 517. The van der Waals surface area contributed by atoms with Gasteiger partial charge < -0.3 is 10.2 Å². The molecule has 4 heteroatoms. The van der Waals surface area contributed by atoms with Gasteiger partial charge in [-0.2, -0.15) is 0 Å². The lowest BCUT2D eigenvalue weighted by atomic mass is 10.1. The molecule has 0 saturated heterocycles. The molecular weight excluding hydrogens is 288 g/mol. The minimum Gasteiger partial charge on any atom is -0.350 e. The van der Waals surface area contributed by atoms with E-state index in [1.807, 2.05) is 36.1 Å². The Hall–Kier alpha value is -1.84. The number of hydrogen-bond donors (Lipinski definition) is 1. The van der Waals surface area contributed by atoms with Crippen LogP contribution >= 0.6 is 0 Å². The van der Waals surface area contributed by atoms with Gasteiger partial charge in [0.05, 0.1) is 0 Å². The first kappa shape index (κ1) is 17.5. The summed E-state index contributed by atoms with van der Waals surface area (Å²) in [7, 11) is 0. The van der Waals surface area contributed by atoms with Crippen molar-refractivity contribution >= 4 is 11.8 Å². The van der Waals surface area contributed by atoms with Gasteiger partial charge in [0.2, 0.25) is 5.91 Å². The van der Waals surface area contributed by atoms with Crippen LogP contribution in [0.4, 0.5) is 0 Å². The van der Waals surface area contributed by atoms with Crippen molar-refractivity contribution in [2.24, 2.45) is 0 Å². The quantitative estimate of drug-likeness (QED) is 0.847. The van der Waals surface area contributed by atoms with E-state index in [4.69, 9.17) is 0 Å². The molecule has 0 radical (unpaired) electrons. The molecule has 1 fully saturated rings. The fourth-order valence-corrected chi connectivity index (χ4v) is 3.26. The highest BCUT2D eigenvalue weighted by atomic mass is 16.2. The van der Waals surface area contributed by atoms with Crippen LogP contribution in [0.5, 0.6) is 0 Å². The van der Waals surface area contributed by atoms with Gasteiger partial charge in [-0.3, -0.25) is 9.59 Å². The summed E-state index contributed by atoms with van der Waals surface area (Å²) in [5, 5.41) is 2.93. The molecule has 0 spiro atoms. The van der Waals surface area contributed by atoms with Crippen LogP contribution in [0.1, 0.15) is 61.4 Å². The second-order valence-corrected chi connectivity index (χ2v) is 6.48. The fourth-order valence-electron chi connectivity index (χ4n) is 3.26. The summed E-state index contributed by atoms with van der Waals surface area (Å²) in [5.74, 6) is 0.0378. The van der Waals surface area contributed by atoms with Gasteiger partial charge in [0, 0.05) is 31.6 Å². The maximum absolute atomic E-state index is 12.1. The van der Waals surface area contributed by atoms with Crippen LogP contribution < -0.4 is 5.32 Å². The van der Waals surface area contributed by atoms with E-state index in [9.17, 15) is 9.59 Å². The van der Waals surface area contributed by atoms with E-state index in [-0.39, 0.29) is 11.8 Å². The molecular formula is C19H28N2O2. The first-order valence-corrected chi connectivity index (χ1v) is 8.70. The molecule has 1 N–H and O–H groups in total. The Morgan fingerprint density at radius 3 is 2.26 bits per heavy atom. The molecule has 126 valence electrons. The Balaban J connectivity index is 1.85. The monoisotopic (exact) mass is 316 g/mol. The number of nitrogens with one attached hydrogen (secondary N) is 1. The first-order valence-electron chi connectivity index (χ1n) is 8.70. The number of carbonyl (C=O) groups excluding carboxylic acids is 2. The van der Waals surface area contributed by atoms with Crippen LogP contribution in [0.3, 0.4) is 0 Å². The lowest BCUT2D eigenvalue weighted by molar-refractivity contribution is -0.131. The summed E-state index contributed by atoms with van der Waals surface area (Å²) in [6.07, 6.45) is 7.12. The van der Waals surface area contributed by atoms with E-state index in [1.54, 1.807) is 6.92 Å². The van der Waals surface area contributed by atoms with Gasteiger partial charge in [-0.15, -0.1) is 0 Å². The Labute approximate surface area is 139 Å². The number of hydrogen-bond acceptors (Lipinski definition) is 2. The van der Waals surface area contributed by atoms with Crippen LogP contribution in [0.15, 0.2) is 24.3 Å². The van der Waals surface area contributed by atoms with Crippen molar-refractivity contribution in [3.63, 3.8) is 0 Å². The molecule has 0 aliphatic heterocycles. The lowest BCUT2D eigenvalue weighted by Crippen LogP contribution is -2.43. The fraction of sp³-hybridized carbons (Fsp3) is 0.579. The maximum atomic E-state index is 12.1. The van der Waals surface area contributed by atoms with Gasteiger partial charge in [0.1, 0.15) is 0 Å². The molecule has 0 aromatic heterocycles. The van der Waals surface area contributed by atoms with Crippen LogP contribution in [-0.4, -0.2) is 35.8 Å². The summed E-state index contributed by atoms with van der Waals surface area (Å²) >= 11 is 0. The molecule has 23 heavy (non-hydrogen) atoms. The summed E-state index contributed by atoms with van der Waals surface area (Å²) in [6.45, 7) is 4.73. The highest BCUT2D eigenvalue weighted by Crippen LogP contribution is 2.21. The third kappa shape index (κ3) is 5.38. The van der Waals surface area contributed by atoms with Crippen molar-refractivity contribution in [3.8, 4) is 0 Å². The normalized spacial score (nSPS) is 15.7. The minimum absolute atomic E-state index is 0.0747. The second-order valence-electron chi connectivity index (χ2n) is 6.48. The summed E-state index contributed by atoms with van der Waals surface area (Å²) in [4.78, 5) is 26.0. The summed E-state index contributed by atoms with van der Waals surface area (Å²) < 4.78 is 0. The Kier molecular flexibility index (Phi) is 6.63. The van der Waals surface area contributed by atoms with Crippen molar-refractivity contribution in [3.05, 3.63) is 35.4 Å². The standard InChI is InChI=1S/C19H28N2O2/c1-15-9-11-17(12-10-15)19(23)20-13-14-21(16(2)22)18-7-5-3-4-6-8-18/h9-12,18H,3-8,13-14H2,1-2H3,(H,20,23). The number of carbonyl (C=O) groups is 2. The average Bonchev–Trinajstić information content (AvgIpc) is 2.80. The molecule has 1 aromatic carbocycles. The zero-order valence-electron chi connectivity index (χ0n) is 14.3. The maximum Gasteiger partial charge on any atom is 0.251 e. The van der Waals surface area contributed by atoms with E-state index >= 15 is 0 Å². The largest absolute Gasteiger partial charge is 0.350 e. The Morgan fingerprint density at radius 2 is 1.70 bits per heavy atom. The number of rotatable bonds is 5. The van der Waals surface area contributed by atoms with E-state index in [0.29, 0.717) is 24.7 Å². The van der Waals surface area contributed by atoms with Crippen molar-refractivity contribution in [1.82, 2.24) is 10.2 Å². The molecule has 1 aromatic rings. The van der Waals surface area contributed by atoms with Gasteiger partial charge in [-0.05, 0) is 31.9 Å².